The molecule has 2 N–H and O–H groups in total. The van der Waals surface area contributed by atoms with Gasteiger partial charge in [0.25, 0.3) is 5.91 Å². The summed E-state index contributed by atoms with van der Waals surface area (Å²) < 4.78 is 0. The normalized spacial score (nSPS) is 10.5. The Morgan fingerprint density at radius 2 is 1.86 bits per heavy atom. The van der Waals surface area contributed by atoms with Crippen LogP contribution >= 0.6 is 0 Å². The van der Waals surface area contributed by atoms with Crippen LogP contribution in [0.4, 0.5) is 11.5 Å². The predicted octanol–water partition coefficient (Wildman–Crippen LogP) is 3.17. The summed E-state index contributed by atoms with van der Waals surface area (Å²) in [4.78, 5) is 20.2. The first-order valence-electron chi connectivity index (χ1n) is 7.54. The third-order valence-electron chi connectivity index (χ3n) is 3.19. The molecule has 0 spiro atoms. The zero-order chi connectivity index (χ0) is 15.9. The standard InChI is InChI=1S/C17H22N4O/c1-4-13-5-7-14(8-6-13)21-16-11-18-15(10-19-16)17(22)20-9-12(2)3/h5-8,10-12H,4,9H2,1-3H3,(H,19,21)(H,20,22). The van der Waals surface area contributed by atoms with Crippen LogP contribution in [0.2, 0.25) is 0 Å². The quantitative estimate of drug-likeness (QED) is 0.859. The van der Waals surface area contributed by atoms with E-state index in [0.29, 0.717) is 24.0 Å². The van der Waals surface area contributed by atoms with Crippen molar-refractivity contribution in [3.8, 4) is 0 Å². The van der Waals surface area contributed by atoms with Crippen LogP contribution in [0.5, 0.6) is 0 Å². The van der Waals surface area contributed by atoms with E-state index in [-0.39, 0.29) is 5.91 Å². The Morgan fingerprint density at radius 1 is 1.14 bits per heavy atom. The Hall–Kier alpha value is -2.43. The number of aryl methyl sites for hydroxylation is 1. The number of amides is 1. The summed E-state index contributed by atoms with van der Waals surface area (Å²) in [7, 11) is 0. The first-order chi connectivity index (χ1) is 10.6. The molecule has 0 radical (unpaired) electrons. The molecule has 22 heavy (non-hydrogen) atoms. The van der Waals surface area contributed by atoms with Gasteiger partial charge in [0.1, 0.15) is 11.5 Å². The van der Waals surface area contributed by atoms with E-state index >= 15 is 0 Å². The van der Waals surface area contributed by atoms with Gasteiger partial charge < -0.3 is 10.6 Å². The van der Waals surface area contributed by atoms with Crippen LogP contribution in [0.3, 0.4) is 0 Å². The first-order valence-corrected chi connectivity index (χ1v) is 7.54. The summed E-state index contributed by atoms with van der Waals surface area (Å²) in [6, 6.07) is 8.15. The van der Waals surface area contributed by atoms with E-state index in [2.05, 4.69) is 39.7 Å². The predicted molar refractivity (Wildman–Crippen MR) is 88.3 cm³/mol. The Balaban J connectivity index is 1.97. The molecule has 5 heteroatoms. The highest BCUT2D eigenvalue weighted by molar-refractivity contribution is 5.92. The van der Waals surface area contributed by atoms with E-state index in [0.717, 1.165) is 12.1 Å². The Morgan fingerprint density at radius 3 is 2.41 bits per heavy atom. The zero-order valence-electron chi connectivity index (χ0n) is 13.3. The molecule has 5 nitrogen and oxygen atoms in total. The topological polar surface area (TPSA) is 66.9 Å². The van der Waals surface area contributed by atoms with E-state index < -0.39 is 0 Å². The minimum Gasteiger partial charge on any atom is -0.350 e. The number of aromatic nitrogens is 2. The summed E-state index contributed by atoms with van der Waals surface area (Å²) in [5, 5.41) is 5.98. The highest BCUT2D eigenvalue weighted by atomic mass is 16.1. The lowest BCUT2D eigenvalue weighted by molar-refractivity contribution is 0.0943. The van der Waals surface area contributed by atoms with Crippen molar-refractivity contribution in [2.24, 2.45) is 5.92 Å². The molecule has 1 aromatic heterocycles. The second kappa shape index (κ2) is 7.54. The fourth-order valence-corrected chi connectivity index (χ4v) is 1.87. The minimum absolute atomic E-state index is 0.194. The molecule has 0 aliphatic rings. The van der Waals surface area contributed by atoms with Crippen molar-refractivity contribution in [2.75, 3.05) is 11.9 Å². The van der Waals surface area contributed by atoms with Crippen LogP contribution in [-0.2, 0) is 6.42 Å². The number of carbonyl (C=O) groups excluding carboxylic acids is 1. The smallest absolute Gasteiger partial charge is 0.271 e. The first kappa shape index (κ1) is 15.9. The maximum atomic E-state index is 11.9. The fourth-order valence-electron chi connectivity index (χ4n) is 1.87. The summed E-state index contributed by atoms with van der Waals surface area (Å²) in [5.41, 5.74) is 2.56. The van der Waals surface area contributed by atoms with Crippen LogP contribution in [0.1, 0.15) is 36.8 Å². The number of anilines is 2. The number of hydrogen-bond acceptors (Lipinski definition) is 4. The van der Waals surface area contributed by atoms with Crippen molar-refractivity contribution in [3.63, 3.8) is 0 Å². The van der Waals surface area contributed by atoms with Crippen LogP contribution in [0, 0.1) is 5.92 Å². The number of hydrogen-bond donors (Lipinski definition) is 2. The van der Waals surface area contributed by atoms with Crippen LogP contribution in [0.25, 0.3) is 0 Å². The van der Waals surface area contributed by atoms with Crippen molar-refractivity contribution in [1.82, 2.24) is 15.3 Å². The molecule has 1 heterocycles. The van der Waals surface area contributed by atoms with Gasteiger partial charge in [-0.15, -0.1) is 0 Å². The van der Waals surface area contributed by atoms with Gasteiger partial charge in [-0.3, -0.25) is 4.79 Å². The third-order valence-corrected chi connectivity index (χ3v) is 3.19. The maximum Gasteiger partial charge on any atom is 0.271 e. The number of carbonyl (C=O) groups is 1. The van der Waals surface area contributed by atoms with Crippen molar-refractivity contribution < 1.29 is 4.79 Å². The largest absolute Gasteiger partial charge is 0.350 e. The highest BCUT2D eigenvalue weighted by Gasteiger charge is 2.08. The fraction of sp³-hybridized carbons (Fsp3) is 0.353. The van der Waals surface area contributed by atoms with Crippen LogP contribution in [0.15, 0.2) is 36.7 Å². The second-order valence-electron chi connectivity index (χ2n) is 5.57. The summed E-state index contributed by atoms with van der Waals surface area (Å²) in [5.74, 6) is 0.827. The Labute approximate surface area is 131 Å². The number of nitrogens with zero attached hydrogens (tertiary/aromatic N) is 2. The molecule has 1 amide bonds. The molecule has 0 bridgehead atoms. The van der Waals surface area contributed by atoms with Gasteiger partial charge in [0, 0.05) is 12.2 Å². The Kier molecular flexibility index (Phi) is 5.47. The van der Waals surface area contributed by atoms with Crippen molar-refractivity contribution in [3.05, 3.63) is 47.9 Å². The van der Waals surface area contributed by atoms with Gasteiger partial charge in [0.2, 0.25) is 0 Å². The molecule has 0 saturated heterocycles. The van der Waals surface area contributed by atoms with Crippen molar-refractivity contribution >= 4 is 17.4 Å². The second-order valence-corrected chi connectivity index (χ2v) is 5.57. The van der Waals surface area contributed by atoms with E-state index in [1.54, 1.807) is 6.20 Å². The zero-order valence-corrected chi connectivity index (χ0v) is 13.3. The molecule has 0 unspecified atom stereocenters. The molecule has 2 aromatic rings. The molecule has 1 aromatic carbocycles. The SMILES string of the molecule is CCc1ccc(Nc2cnc(C(=O)NCC(C)C)cn2)cc1. The molecule has 0 fully saturated rings. The van der Waals surface area contributed by atoms with Gasteiger partial charge in [-0.1, -0.05) is 32.9 Å². The van der Waals surface area contributed by atoms with Gasteiger partial charge in [-0.2, -0.15) is 0 Å². The lowest BCUT2D eigenvalue weighted by Gasteiger charge is -2.08. The van der Waals surface area contributed by atoms with E-state index in [4.69, 9.17) is 0 Å². The number of rotatable bonds is 6. The van der Waals surface area contributed by atoms with Crippen LogP contribution < -0.4 is 10.6 Å². The van der Waals surface area contributed by atoms with Gasteiger partial charge >= 0.3 is 0 Å². The number of nitrogens with one attached hydrogen (secondary N) is 2. The molecule has 0 aliphatic heterocycles. The summed E-state index contributed by atoms with van der Waals surface area (Å²) in [6.45, 7) is 6.84. The summed E-state index contributed by atoms with van der Waals surface area (Å²) >= 11 is 0. The number of benzene rings is 1. The van der Waals surface area contributed by atoms with Gasteiger partial charge in [-0.25, -0.2) is 9.97 Å². The van der Waals surface area contributed by atoms with Gasteiger partial charge in [0.15, 0.2) is 0 Å². The Bertz CT molecular complexity index is 606. The van der Waals surface area contributed by atoms with E-state index in [9.17, 15) is 4.79 Å². The van der Waals surface area contributed by atoms with E-state index in [1.165, 1.54) is 11.8 Å². The molecular weight excluding hydrogens is 276 g/mol. The van der Waals surface area contributed by atoms with Gasteiger partial charge in [-0.05, 0) is 30.0 Å². The monoisotopic (exact) mass is 298 g/mol. The van der Waals surface area contributed by atoms with Gasteiger partial charge in [0.05, 0.1) is 12.4 Å². The highest BCUT2D eigenvalue weighted by Crippen LogP contribution is 2.14. The average Bonchev–Trinajstić information content (AvgIpc) is 2.54. The van der Waals surface area contributed by atoms with Crippen molar-refractivity contribution in [1.29, 1.82) is 0 Å². The average molecular weight is 298 g/mol. The minimum atomic E-state index is -0.194. The van der Waals surface area contributed by atoms with Crippen molar-refractivity contribution in [2.45, 2.75) is 27.2 Å². The lowest BCUT2D eigenvalue weighted by Crippen LogP contribution is -2.28. The molecule has 0 atom stereocenters. The molecule has 0 aliphatic carbocycles. The molecule has 0 saturated carbocycles. The molecule has 2 rings (SSSR count). The third kappa shape index (κ3) is 4.55. The lowest BCUT2D eigenvalue weighted by atomic mass is 10.1. The molecule has 116 valence electrons. The molecular formula is C17H22N4O. The van der Waals surface area contributed by atoms with Crippen LogP contribution in [-0.4, -0.2) is 22.4 Å². The van der Waals surface area contributed by atoms with E-state index in [1.807, 2.05) is 26.0 Å². The summed E-state index contributed by atoms with van der Waals surface area (Å²) in [6.07, 6.45) is 4.07. The maximum absolute atomic E-state index is 11.9.